The average molecular weight is 454 g/mol. The Kier molecular flexibility index (Phi) is 7.48. The monoisotopic (exact) mass is 453 g/mol. The lowest BCUT2D eigenvalue weighted by Gasteiger charge is -2.20. The number of anilines is 1. The molecule has 6 nitrogen and oxygen atoms in total. The molecule has 9 heteroatoms. The van der Waals surface area contributed by atoms with Crippen LogP contribution >= 0.6 is 11.3 Å². The van der Waals surface area contributed by atoms with Crippen molar-refractivity contribution < 1.29 is 32.6 Å². The molecule has 0 unspecified atom stereocenters. The maximum atomic E-state index is 12.9. The van der Waals surface area contributed by atoms with Crippen molar-refractivity contribution in [2.45, 2.75) is 46.1 Å². The summed E-state index contributed by atoms with van der Waals surface area (Å²) >= 11 is 1.39. The number of thiophene rings is 1. The number of alkyl halides is 2. The zero-order valence-corrected chi connectivity index (χ0v) is 18.4. The summed E-state index contributed by atoms with van der Waals surface area (Å²) in [7, 11) is 1.30. The number of hydrogen-bond donors (Lipinski definition) is 1. The van der Waals surface area contributed by atoms with Crippen molar-refractivity contribution in [2.24, 2.45) is 5.92 Å². The molecular formula is C22H25F2NO5S. The third-order valence-electron chi connectivity index (χ3n) is 5.29. The summed E-state index contributed by atoms with van der Waals surface area (Å²) in [5.74, 6) is -0.550. The number of esters is 1. The number of fused-ring (bicyclic) bond motifs is 1. The lowest BCUT2D eigenvalue weighted by Crippen LogP contribution is -2.17. The van der Waals surface area contributed by atoms with Crippen LogP contribution in [0.1, 0.15) is 57.8 Å². The molecule has 0 fully saturated rings. The molecule has 0 saturated carbocycles. The molecule has 2 aromatic rings. The number of carbonyl (C=O) groups excluding carboxylic acids is 2. The molecule has 0 aliphatic heterocycles. The highest BCUT2D eigenvalue weighted by molar-refractivity contribution is 7.17. The number of hydrogen-bond acceptors (Lipinski definition) is 6. The minimum absolute atomic E-state index is 0.00910. The lowest BCUT2D eigenvalue weighted by molar-refractivity contribution is -0.0512. The van der Waals surface area contributed by atoms with E-state index < -0.39 is 18.5 Å². The Balaban J connectivity index is 1.90. The quantitative estimate of drug-likeness (QED) is 0.549. The van der Waals surface area contributed by atoms with Gasteiger partial charge in [0.2, 0.25) is 0 Å². The summed E-state index contributed by atoms with van der Waals surface area (Å²) in [6.07, 6.45) is 3.68. The van der Waals surface area contributed by atoms with E-state index in [-0.39, 0.29) is 23.7 Å². The van der Waals surface area contributed by atoms with Gasteiger partial charge in [-0.05, 0) is 55.9 Å². The fraction of sp³-hybridized carbons (Fsp3) is 0.455. The van der Waals surface area contributed by atoms with Crippen molar-refractivity contribution in [3.05, 3.63) is 39.8 Å². The van der Waals surface area contributed by atoms with Crippen LogP contribution in [-0.4, -0.2) is 32.2 Å². The second-order valence-corrected chi connectivity index (χ2v) is 8.25. The number of nitrogens with one attached hydrogen (secondary N) is 1. The molecule has 0 spiro atoms. The Morgan fingerprint density at radius 2 is 2.03 bits per heavy atom. The SMILES string of the molecule is CCOC(=O)c1c(NC(=O)c2ccc(OC(F)F)c(OC)c2)sc2c1CC[C@@H](CC)C2. The predicted molar refractivity (Wildman–Crippen MR) is 114 cm³/mol. The van der Waals surface area contributed by atoms with Crippen LogP contribution in [0.4, 0.5) is 13.8 Å². The Labute approximate surface area is 183 Å². The number of rotatable bonds is 8. The van der Waals surface area contributed by atoms with Crippen LogP contribution in [0.15, 0.2) is 18.2 Å². The Morgan fingerprint density at radius 3 is 2.68 bits per heavy atom. The molecular weight excluding hydrogens is 428 g/mol. The number of carbonyl (C=O) groups is 2. The van der Waals surface area contributed by atoms with E-state index in [1.54, 1.807) is 6.92 Å². The molecule has 0 saturated heterocycles. The van der Waals surface area contributed by atoms with Crippen molar-refractivity contribution >= 4 is 28.2 Å². The van der Waals surface area contributed by atoms with Crippen molar-refractivity contribution in [2.75, 3.05) is 19.0 Å². The Bertz CT molecular complexity index is 960. The highest BCUT2D eigenvalue weighted by atomic mass is 32.1. The van der Waals surface area contributed by atoms with Crippen LogP contribution in [0.3, 0.4) is 0 Å². The molecule has 1 heterocycles. The maximum Gasteiger partial charge on any atom is 0.387 e. The van der Waals surface area contributed by atoms with Gasteiger partial charge in [-0.3, -0.25) is 4.79 Å². The van der Waals surface area contributed by atoms with Gasteiger partial charge in [-0.25, -0.2) is 4.79 Å². The largest absolute Gasteiger partial charge is 0.493 e. The minimum Gasteiger partial charge on any atom is -0.493 e. The average Bonchev–Trinajstić information content (AvgIpc) is 3.10. The fourth-order valence-corrected chi connectivity index (χ4v) is 5.03. The van der Waals surface area contributed by atoms with E-state index in [1.807, 2.05) is 0 Å². The molecule has 3 rings (SSSR count). The summed E-state index contributed by atoms with van der Waals surface area (Å²) in [6, 6.07) is 3.93. The zero-order valence-electron chi connectivity index (χ0n) is 17.6. The van der Waals surface area contributed by atoms with Crippen molar-refractivity contribution in [3.63, 3.8) is 0 Å². The van der Waals surface area contributed by atoms with Crippen LogP contribution in [0.25, 0.3) is 0 Å². The second kappa shape index (κ2) is 10.1. The topological polar surface area (TPSA) is 73.9 Å². The van der Waals surface area contributed by atoms with Gasteiger partial charge < -0.3 is 19.5 Å². The molecule has 0 bridgehead atoms. The van der Waals surface area contributed by atoms with Gasteiger partial charge in [0.15, 0.2) is 11.5 Å². The Morgan fingerprint density at radius 1 is 1.26 bits per heavy atom. The first-order valence-electron chi connectivity index (χ1n) is 10.1. The Hall–Kier alpha value is -2.68. The standard InChI is InChI=1S/C22H25F2NO5S/c1-4-12-6-8-14-17(10-12)31-20(18(14)21(27)29-5-2)25-19(26)13-7-9-15(30-22(23)24)16(11-13)28-3/h7,9,11-12,22H,4-6,8,10H2,1-3H3,(H,25,26)/t12-/m1/s1. The van der Waals surface area contributed by atoms with Gasteiger partial charge in [0.1, 0.15) is 5.00 Å². The highest BCUT2D eigenvalue weighted by Crippen LogP contribution is 2.41. The molecule has 1 atom stereocenters. The summed E-state index contributed by atoms with van der Waals surface area (Å²) in [5.41, 5.74) is 1.54. The van der Waals surface area contributed by atoms with E-state index in [4.69, 9.17) is 9.47 Å². The van der Waals surface area contributed by atoms with E-state index in [0.29, 0.717) is 16.5 Å². The van der Waals surface area contributed by atoms with Crippen molar-refractivity contribution in [1.29, 1.82) is 0 Å². The fourth-order valence-electron chi connectivity index (χ4n) is 3.69. The van der Waals surface area contributed by atoms with Gasteiger partial charge in [0, 0.05) is 10.4 Å². The van der Waals surface area contributed by atoms with Gasteiger partial charge in [-0.15, -0.1) is 11.3 Å². The van der Waals surface area contributed by atoms with Gasteiger partial charge in [0.25, 0.3) is 5.91 Å². The first kappa shape index (κ1) is 23.0. The van der Waals surface area contributed by atoms with Crippen LogP contribution in [0, 0.1) is 5.92 Å². The van der Waals surface area contributed by atoms with Crippen LogP contribution < -0.4 is 14.8 Å². The van der Waals surface area contributed by atoms with Crippen LogP contribution in [-0.2, 0) is 17.6 Å². The smallest absolute Gasteiger partial charge is 0.387 e. The molecule has 1 aromatic heterocycles. The number of benzene rings is 1. The molecule has 168 valence electrons. The minimum atomic E-state index is -3.01. The van der Waals surface area contributed by atoms with Crippen molar-refractivity contribution in [3.8, 4) is 11.5 Å². The summed E-state index contributed by atoms with van der Waals surface area (Å²) in [5, 5.41) is 3.24. The van der Waals surface area contributed by atoms with E-state index in [2.05, 4.69) is 17.0 Å². The van der Waals surface area contributed by atoms with E-state index in [1.165, 1.54) is 36.6 Å². The van der Waals surface area contributed by atoms with E-state index in [0.717, 1.165) is 36.1 Å². The number of halogens is 2. The zero-order chi connectivity index (χ0) is 22.5. The predicted octanol–water partition coefficient (Wildman–Crippen LogP) is 5.30. The summed E-state index contributed by atoms with van der Waals surface area (Å²) < 4.78 is 39.8. The summed E-state index contributed by atoms with van der Waals surface area (Å²) in [4.78, 5) is 26.6. The first-order chi connectivity index (χ1) is 14.9. The molecule has 1 aliphatic rings. The third kappa shape index (κ3) is 5.15. The maximum absolute atomic E-state index is 12.9. The second-order valence-electron chi connectivity index (χ2n) is 7.14. The molecule has 1 N–H and O–H groups in total. The molecule has 31 heavy (non-hydrogen) atoms. The number of methoxy groups -OCH3 is 1. The summed E-state index contributed by atoms with van der Waals surface area (Å²) in [6.45, 7) is 1.10. The van der Waals surface area contributed by atoms with Crippen LogP contribution in [0.2, 0.25) is 0 Å². The van der Waals surface area contributed by atoms with E-state index >= 15 is 0 Å². The number of amides is 1. The van der Waals surface area contributed by atoms with Gasteiger partial charge in [-0.1, -0.05) is 13.3 Å². The molecule has 1 amide bonds. The molecule has 1 aromatic carbocycles. The van der Waals surface area contributed by atoms with E-state index in [9.17, 15) is 18.4 Å². The molecule has 0 radical (unpaired) electrons. The first-order valence-corrected chi connectivity index (χ1v) is 10.9. The normalized spacial score (nSPS) is 15.4. The van der Waals surface area contributed by atoms with Gasteiger partial charge in [-0.2, -0.15) is 8.78 Å². The van der Waals surface area contributed by atoms with Crippen molar-refractivity contribution in [1.82, 2.24) is 0 Å². The van der Waals surface area contributed by atoms with Gasteiger partial charge in [0.05, 0.1) is 19.3 Å². The number of ether oxygens (including phenoxy) is 3. The third-order valence-corrected chi connectivity index (χ3v) is 6.46. The van der Waals surface area contributed by atoms with Gasteiger partial charge >= 0.3 is 12.6 Å². The molecule has 1 aliphatic carbocycles. The lowest BCUT2D eigenvalue weighted by atomic mass is 9.85. The highest BCUT2D eigenvalue weighted by Gasteiger charge is 2.30. The van der Waals surface area contributed by atoms with Crippen LogP contribution in [0.5, 0.6) is 11.5 Å².